The van der Waals surface area contributed by atoms with Gasteiger partial charge in [-0.15, -0.1) is 0 Å². The lowest BCUT2D eigenvalue weighted by Gasteiger charge is -2.22. The molecule has 250 valence electrons. The molecule has 10 nitrogen and oxygen atoms in total. The summed E-state index contributed by atoms with van der Waals surface area (Å²) in [4.78, 5) is 48.4. The van der Waals surface area contributed by atoms with E-state index in [-0.39, 0.29) is 29.6 Å². The molecule has 0 saturated heterocycles. The number of urea groups is 1. The number of amides is 3. The molecule has 6 N–H and O–H groups in total. The number of nitrogens with two attached hydrogens (primary N) is 1. The third-order valence-corrected chi connectivity index (χ3v) is 6.82. The van der Waals surface area contributed by atoms with Crippen LogP contribution in [-0.4, -0.2) is 54.4 Å². The van der Waals surface area contributed by atoms with E-state index in [0.29, 0.717) is 6.42 Å². The molecule has 1 aromatic heterocycles. The van der Waals surface area contributed by atoms with Crippen molar-refractivity contribution in [3.05, 3.63) is 65.9 Å². The Morgan fingerprint density at radius 3 is 2.02 bits per heavy atom. The number of carbonyl (C=O) groups is 4. The number of aryl methyl sites for hydroxylation is 1. The van der Waals surface area contributed by atoms with Crippen LogP contribution in [0.4, 0.5) is 10.5 Å². The van der Waals surface area contributed by atoms with Gasteiger partial charge in [-0.05, 0) is 57.4 Å². The minimum absolute atomic E-state index is 0.0556. The molecule has 0 aliphatic carbocycles. The zero-order valence-corrected chi connectivity index (χ0v) is 28.8. The van der Waals surface area contributed by atoms with E-state index in [9.17, 15) is 19.2 Å². The zero-order valence-electron chi connectivity index (χ0n) is 28.8. The van der Waals surface area contributed by atoms with E-state index in [2.05, 4.69) is 39.5 Å². The minimum atomic E-state index is -1.01. The largest absolute Gasteiger partial charge is 0.469 e. The number of benzene rings is 2. The van der Waals surface area contributed by atoms with Crippen LogP contribution in [0.5, 0.6) is 0 Å². The Kier molecular flexibility index (Phi) is 19.5. The molecule has 10 heteroatoms. The van der Waals surface area contributed by atoms with Crippen LogP contribution < -0.4 is 21.7 Å². The average Bonchev–Trinajstić information content (AvgIpc) is 3.43. The number of ketones is 1. The van der Waals surface area contributed by atoms with Crippen LogP contribution in [0.25, 0.3) is 10.9 Å². The summed E-state index contributed by atoms with van der Waals surface area (Å²) in [6, 6.07) is 14.7. The van der Waals surface area contributed by atoms with Crippen LogP contribution in [0.1, 0.15) is 78.9 Å². The maximum atomic E-state index is 12.0. The summed E-state index contributed by atoms with van der Waals surface area (Å²) >= 11 is 0. The Morgan fingerprint density at radius 1 is 0.978 bits per heavy atom. The van der Waals surface area contributed by atoms with E-state index in [1.165, 1.54) is 26.9 Å². The topological polar surface area (TPSA) is 155 Å². The van der Waals surface area contributed by atoms with Crippen LogP contribution in [-0.2, 0) is 25.5 Å². The van der Waals surface area contributed by atoms with Crippen molar-refractivity contribution in [3.8, 4) is 0 Å². The average molecular weight is 626 g/mol. The first-order valence-electron chi connectivity index (χ1n) is 15.4. The SMILES string of the molecule is CC(=O)[C@@H](Cc1c[nH]c2ccccc12)NC(=O)C(C)(C)N.CCC(C)C(=O)OC.CCCC.CNC(=O)Nc1ccccc1C. The number of aromatic amines is 1. The van der Waals surface area contributed by atoms with Crippen LogP contribution in [0.15, 0.2) is 54.7 Å². The number of hydrogen-bond donors (Lipinski definition) is 5. The lowest BCUT2D eigenvalue weighted by molar-refractivity contribution is -0.144. The fourth-order valence-corrected chi connectivity index (χ4v) is 3.43. The van der Waals surface area contributed by atoms with Crippen LogP contribution in [0.3, 0.4) is 0 Å². The van der Waals surface area contributed by atoms with Gasteiger partial charge in [0.25, 0.3) is 0 Å². The van der Waals surface area contributed by atoms with Crippen molar-refractivity contribution >= 4 is 40.3 Å². The number of H-pyrrole nitrogens is 1. The van der Waals surface area contributed by atoms with Gasteiger partial charge in [0.15, 0.2) is 5.78 Å². The van der Waals surface area contributed by atoms with Crippen molar-refractivity contribution in [3.63, 3.8) is 0 Å². The number of carbonyl (C=O) groups excluding carboxylic acids is 4. The van der Waals surface area contributed by atoms with Gasteiger partial charge in [-0.1, -0.05) is 76.9 Å². The second-order valence-electron chi connectivity index (χ2n) is 11.3. The second-order valence-corrected chi connectivity index (χ2v) is 11.3. The molecule has 0 spiro atoms. The van der Waals surface area contributed by atoms with E-state index < -0.39 is 11.6 Å². The third-order valence-electron chi connectivity index (χ3n) is 6.82. The number of esters is 1. The highest BCUT2D eigenvalue weighted by Crippen LogP contribution is 2.19. The number of hydrogen-bond acceptors (Lipinski definition) is 6. The highest BCUT2D eigenvalue weighted by atomic mass is 16.5. The quantitative estimate of drug-likeness (QED) is 0.176. The van der Waals surface area contributed by atoms with Crippen LogP contribution >= 0.6 is 0 Å². The van der Waals surface area contributed by atoms with Gasteiger partial charge < -0.3 is 31.4 Å². The molecular weight excluding hydrogens is 570 g/mol. The van der Waals surface area contributed by atoms with Crippen molar-refractivity contribution in [2.24, 2.45) is 11.7 Å². The number of unbranched alkanes of at least 4 members (excludes halogenated alkanes) is 1. The fraction of sp³-hybridized carbons (Fsp3) is 0.486. The van der Waals surface area contributed by atoms with Gasteiger partial charge in [-0.25, -0.2) is 4.79 Å². The van der Waals surface area contributed by atoms with E-state index >= 15 is 0 Å². The van der Waals surface area contributed by atoms with Crippen molar-refractivity contribution < 1.29 is 23.9 Å². The van der Waals surface area contributed by atoms with Gasteiger partial charge in [-0.3, -0.25) is 14.4 Å². The van der Waals surface area contributed by atoms with E-state index in [1.807, 2.05) is 75.5 Å². The normalized spacial score (nSPS) is 11.5. The van der Waals surface area contributed by atoms with E-state index in [1.54, 1.807) is 20.9 Å². The Bertz CT molecular complexity index is 1330. The van der Waals surface area contributed by atoms with E-state index in [4.69, 9.17) is 5.73 Å². The van der Waals surface area contributed by atoms with E-state index in [0.717, 1.165) is 34.1 Å². The Hall–Kier alpha value is -4.18. The number of anilines is 1. The molecule has 0 saturated carbocycles. The minimum Gasteiger partial charge on any atom is -0.469 e. The lowest BCUT2D eigenvalue weighted by Crippen LogP contribution is -2.54. The van der Waals surface area contributed by atoms with Gasteiger partial charge in [0.05, 0.1) is 24.6 Å². The molecule has 0 aliphatic heterocycles. The molecule has 1 unspecified atom stereocenters. The summed E-state index contributed by atoms with van der Waals surface area (Å²) < 4.78 is 4.46. The third kappa shape index (κ3) is 15.9. The lowest BCUT2D eigenvalue weighted by atomic mass is 10.00. The predicted octanol–water partition coefficient (Wildman–Crippen LogP) is 6.28. The van der Waals surface area contributed by atoms with Gasteiger partial charge in [0, 0.05) is 36.3 Å². The number of ether oxygens (including phenoxy) is 1. The number of Topliss-reactive ketones (excluding diaryl/α,β-unsaturated/α-hetero) is 1. The molecule has 2 atom stereocenters. The molecule has 0 aliphatic rings. The maximum absolute atomic E-state index is 12.0. The number of aromatic nitrogens is 1. The first kappa shape index (κ1) is 40.8. The first-order valence-corrected chi connectivity index (χ1v) is 15.4. The summed E-state index contributed by atoms with van der Waals surface area (Å²) in [5, 5.41) is 8.99. The number of fused-ring (bicyclic) bond motifs is 1. The second kappa shape index (κ2) is 21.5. The standard InChI is InChI=1S/C16H21N3O2.C9H12N2O.C6H12O2.C4H10/c1-10(20)14(19-15(21)16(2,3)17)8-11-9-18-13-7-5-4-6-12(11)13;1-7-5-3-4-6-8(7)11-9(12)10-2;1-4-5(2)6(7)8-3;1-3-4-2/h4-7,9,14,18H,8,17H2,1-3H3,(H,19,21);3-6H,1-2H3,(H2,10,11,12);5H,4H2,1-3H3;3-4H2,1-2H3/t14-;;;/m1.../s1. The number of nitrogens with one attached hydrogen (secondary N) is 4. The van der Waals surface area contributed by atoms with Crippen molar-refractivity contribution in [1.82, 2.24) is 15.6 Å². The van der Waals surface area contributed by atoms with Crippen molar-refractivity contribution in [2.45, 2.75) is 92.7 Å². The summed E-state index contributed by atoms with van der Waals surface area (Å²) in [6.07, 6.45) is 5.81. The maximum Gasteiger partial charge on any atom is 0.318 e. The molecule has 3 rings (SSSR count). The monoisotopic (exact) mass is 625 g/mol. The highest BCUT2D eigenvalue weighted by molar-refractivity contribution is 5.92. The molecule has 3 amide bonds. The number of methoxy groups -OCH3 is 1. The Balaban J connectivity index is 0.000000679. The number of rotatable bonds is 9. The molecule has 0 bridgehead atoms. The van der Waals surface area contributed by atoms with Gasteiger partial charge >= 0.3 is 12.0 Å². The van der Waals surface area contributed by atoms with Crippen LogP contribution in [0.2, 0.25) is 0 Å². The highest BCUT2D eigenvalue weighted by Gasteiger charge is 2.27. The summed E-state index contributed by atoms with van der Waals surface area (Å²) in [5.74, 6) is -0.479. The van der Waals surface area contributed by atoms with Crippen molar-refractivity contribution in [2.75, 3.05) is 19.5 Å². The molecule has 1 heterocycles. The summed E-state index contributed by atoms with van der Waals surface area (Å²) in [5.41, 5.74) is 8.67. The Morgan fingerprint density at radius 2 is 1.56 bits per heavy atom. The first-order chi connectivity index (χ1) is 21.2. The summed E-state index contributed by atoms with van der Waals surface area (Å²) in [6.45, 7) is 14.8. The van der Waals surface area contributed by atoms with Gasteiger partial charge in [0.2, 0.25) is 5.91 Å². The smallest absolute Gasteiger partial charge is 0.318 e. The number of para-hydroxylation sites is 2. The molecule has 0 fully saturated rings. The molecule has 3 aromatic rings. The fourth-order valence-electron chi connectivity index (χ4n) is 3.43. The molecule has 0 radical (unpaired) electrons. The van der Waals surface area contributed by atoms with Crippen LogP contribution in [0, 0.1) is 12.8 Å². The Labute approximate surface area is 269 Å². The molecule has 45 heavy (non-hydrogen) atoms. The van der Waals surface area contributed by atoms with Gasteiger partial charge in [0.1, 0.15) is 0 Å². The zero-order chi connectivity index (χ0) is 34.6. The molecule has 2 aromatic carbocycles. The summed E-state index contributed by atoms with van der Waals surface area (Å²) in [7, 11) is 3.00. The molecular formula is C35H55N5O5. The van der Waals surface area contributed by atoms with Gasteiger partial charge in [-0.2, -0.15) is 0 Å². The predicted molar refractivity (Wildman–Crippen MR) is 184 cm³/mol. The van der Waals surface area contributed by atoms with Crippen molar-refractivity contribution in [1.29, 1.82) is 0 Å².